The number of thiocarbonyl (C=S) groups is 1. The van der Waals surface area contributed by atoms with Gasteiger partial charge in [-0.15, -0.1) is 0 Å². The molecule has 0 aliphatic carbocycles. The van der Waals surface area contributed by atoms with E-state index in [9.17, 15) is 10.1 Å². The summed E-state index contributed by atoms with van der Waals surface area (Å²) < 4.78 is 15.6. The van der Waals surface area contributed by atoms with Gasteiger partial charge in [-0.05, 0) is 30.4 Å². The Morgan fingerprint density at radius 2 is 2.08 bits per heavy atom. The van der Waals surface area contributed by atoms with Crippen LogP contribution in [0.25, 0.3) is 0 Å². The van der Waals surface area contributed by atoms with Gasteiger partial charge in [-0.2, -0.15) is 5.10 Å². The summed E-state index contributed by atoms with van der Waals surface area (Å²) in [6, 6.07) is 10.0. The molecule has 0 aromatic heterocycles. The first-order valence-electron chi connectivity index (χ1n) is 7.39. The Hall–Kier alpha value is -3.40. The van der Waals surface area contributed by atoms with Crippen LogP contribution in [0, 0.1) is 10.1 Å². The van der Waals surface area contributed by atoms with Gasteiger partial charge in [0.1, 0.15) is 5.75 Å². The van der Waals surface area contributed by atoms with E-state index in [0.717, 1.165) is 0 Å². The van der Waals surface area contributed by atoms with Gasteiger partial charge in [0.15, 0.2) is 16.6 Å². The number of ether oxygens (including phenoxy) is 3. The van der Waals surface area contributed by atoms with E-state index in [1.54, 1.807) is 19.2 Å². The van der Waals surface area contributed by atoms with Crippen LogP contribution in [-0.2, 0) is 0 Å². The van der Waals surface area contributed by atoms with Gasteiger partial charge in [-0.25, -0.2) is 0 Å². The molecule has 26 heavy (non-hydrogen) atoms. The van der Waals surface area contributed by atoms with Gasteiger partial charge in [0.05, 0.1) is 35.6 Å². The van der Waals surface area contributed by atoms with Crippen molar-refractivity contribution in [3.8, 4) is 17.2 Å². The normalized spacial score (nSPS) is 12.0. The number of benzene rings is 2. The van der Waals surface area contributed by atoms with Crippen molar-refractivity contribution in [1.82, 2.24) is 5.43 Å². The summed E-state index contributed by atoms with van der Waals surface area (Å²) in [5, 5.41) is 18.3. The quantitative estimate of drug-likeness (QED) is 0.356. The first-order chi connectivity index (χ1) is 12.6. The number of para-hydroxylation sites is 2. The van der Waals surface area contributed by atoms with Crippen LogP contribution < -0.4 is 25.0 Å². The minimum atomic E-state index is -0.519. The van der Waals surface area contributed by atoms with E-state index in [1.165, 1.54) is 18.3 Å². The summed E-state index contributed by atoms with van der Waals surface area (Å²) in [6.07, 6.45) is 1.29. The van der Waals surface area contributed by atoms with Gasteiger partial charge in [0.2, 0.25) is 6.79 Å². The first-order valence-corrected chi connectivity index (χ1v) is 7.80. The number of methoxy groups -OCH3 is 1. The molecule has 0 bridgehead atoms. The van der Waals surface area contributed by atoms with Gasteiger partial charge in [0, 0.05) is 0 Å². The fourth-order valence-electron chi connectivity index (χ4n) is 2.27. The summed E-state index contributed by atoms with van der Waals surface area (Å²) in [5.41, 5.74) is 3.37. The molecule has 0 radical (unpaired) electrons. The Balaban J connectivity index is 1.70. The predicted octanol–water partition coefficient (Wildman–Crippen LogP) is 2.65. The van der Waals surface area contributed by atoms with Crippen LogP contribution in [0.3, 0.4) is 0 Å². The molecule has 9 nitrogen and oxygen atoms in total. The molecular formula is C16H14N4O5S. The van der Waals surface area contributed by atoms with Crippen LogP contribution >= 0.6 is 12.2 Å². The summed E-state index contributed by atoms with van der Waals surface area (Å²) in [4.78, 5) is 10.7. The van der Waals surface area contributed by atoms with Crippen molar-refractivity contribution in [3.05, 3.63) is 52.1 Å². The Labute approximate surface area is 153 Å². The monoisotopic (exact) mass is 374 g/mol. The lowest BCUT2D eigenvalue weighted by atomic mass is 10.1. The van der Waals surface area contributed by atoms with Gasteiger partial charge in [-0.1, -0.05) is 12.1 Å². The topological polar surface area (TPSA) is 107 Å². The smallest absolute Gasteiger partial charge is 0.282 e. The molecule has 0 atom stereocenters. The number of fused-ring (bicyclic) bond motifs is 1. The number of hydrazone groups is 1. The number of hydrogen-bond acceptors (Lipinski definition) is 7. The summed E-state index contributed by atoms with van der Waals surface area (Å²) in [6.45, 7) is 0.0260. The number of nitro groups is 1. The minimum absolute atomic E-state index is 0.0260. The van der Waals surface area contributed by atoms with Gasteiger partial charge >= 0.3 is 0 Å². The summed E-state index contributed by atoms with van der Waals surface area (Å²) >= 11 is 5.15. The molecule has 134 valence electrons. The zero-order chi connectivity index (χ0) is 18.5. The largest absolute Gasteiger partial charge is 0.495 e. The first kappa shape index (κ1) is 17.4. The predicted molar refractivity (Wildman–Crippen MR) is 99.2 cm³/mol. The standard InChI is InChI=1S/C16H14N4O5S/c1-23-13-5-3-2-4-11(13)18-16(26)19-17-8-10-6-14-15(25-9-24-14)7-12(10)20(21)22/h2-8H,9H2,1H3,(H2,18,19,26)/b17-8-. The van der Waals surface area contributed by atoms with Crippen molar-refractivity contribution in [2.75, 3.05) is 19.2 Å². The molecule has 1 aliphatic heterocycles. The Kier molecular flexibility index (Phi) is 5.13. The average Bonchev–Trinajstić information content (AvgIpc) is 3.08. The van der Waals surface area contributed by atoms with E-state index in [0.29, 0.717) is 22.9 Å². The van der Waals surface area contributed by atoms with Crippen LogP contribution in [0.4, 0.5) is 11.4 Å². The molecule has 10 heteroatoms. The number of rotatable bonds is 5. The second kappa shape index (κ2) is 7.66. The van der Waals surface area contributed by atoms with Crippen LogP contribution in [0.2, 0.25) is 0 Å². The summed E-state index contributed by atoms with van der Waals surface area (Å²) in [5.74, 6) is 1.37. The highest BCUT2D eigenvalue weighted by Gasteiger charge is 2.22. The second-order valence-corrected chi connectivity index (χ2v) is 5.45. The summed E-state index contributed by atoms with van der Waals surface area (Å²) in [7, 11) is 1.55. The molecule has 0 spiro atoms. The third-order valence-corrected chi connectivity index (χ3v) is 3.64. The molecule has 0 amide bonds. The maximum atomic E-state index is 11.2. The number of nitrogens with one attached hydrogen (secondary N) is 2. The van der Waals surface area contributed by atoms with E-state index in [-0.39, 0.29) is 23.2 Å². The van der Waals surface area contributed by atoms with Crippen molar-refractivity contribution in [1.29, 1.82) is 0 Å². The molecule has 0 unspecified atom stereocenters. The second-order valence-electron chi connectivity index (χ2n) is 5.05. The van der Waals surface area contributed by atoms with Crippen molar-refractivity contribution < 1.29 is 19.1 Å². The van der Waals surface area contributed by atoms with Crippen molar-refractivity contribution in [3.63, 3.8) is 0 Å². The zero-order valence-corrected chi connectivity index (χ0v) is 14.4. The molecule has 2 N–H and O–H groups in total. The molecule has 1 aliphatic rings. The van der Waals surface area contributed by atoms with E-state index >= 15 is 0 Å². The number of nitro benzene ring substituents is 1. The molecule has 1 heterocycles. The molecule has 2 aromatic carbocycles. The van der Waals surface area contributed by atoms with Crippen molar-refractivity contribution in [2.45, 2.75) is 0 Å². The van der Waals surface area contributed by atoms with E-state index < -0.39 is 4.92 Å². The third-order valence-electron chi connectivity index (χ3n) is 3.44. The van der Waals surface area contributed by atoms with Gasteiger partial charge in [0.25, 0.3) is 5.69 Å². The minimum Gasteiger partial charge on any atom is -0.495 e. The number of hydrogen-bond donors (Lipinski definition) is 2. The molecular weight excluding hydrogens is 360 g/mol. The Morgan fingerprint density at radius 3 is 2.81 bits per heavy atom. The van der Waals surface area contributed by atoms with Crippen LogP contribution in [0.1, 0.15) is 5.56 Å². The average molecular weight is 374 g/mol. The highest BCUT2D eigenvalue weighted by Crippen LogP contribution is 2.37. The molecule has 3 rings (SSSR count). The number of anilines is 1. The van der Waals surface area contributed by atoms with Gasteiger partial charge in [-0.3, -0.25) is 15.5 Å². The highest BCUT2D eigenvalue weighted by molar-refractivity contribution is 7.80. The van der Waals surface area contributed by atoms with E-state index in [1.807, 2.05) is 12.1 Å². The fraction of sp³-hybridized carbons (Fsp3) is 0.125. The van der Waals surface area contributed by atoms with E-state index in [2.05, 4.69) is 15.8 Å². The van der Waals surface area contributed by atoms with Gasteiger partial charge < -0.3 is 19.5 Å². The van der Waals surface area contributed by atoms with Crippen LogP contribution in [-0.4, -0.2) is 30.2 Å². The highest BCUT2D eigenvalue weighted by atomic mass is 32.1. The van der Waals surface area contributed by atoms with Crippen LogP contribution in [0.15, 0.2) is 41.5 Å². The molecule has 0 fully saturated rings. The Bertz CT molecular complexity index is 887. The lowest BCUT2D eigenvalue weighted by Gasteiger charge is -2.10. The Morgan fingerprint density at radius 1 is 1.35 bits per heavy atom. The lowest BCUT2D eigenvalue weighted by molar-refractivity contribution is -0.385. The third kappa shape index (κ3) is 3.81. The van der Waals surface area contributed by atoms with E-state index in [4.69, 9.17) is 26.4 Å². The molecule has 0 saturated carbocycles. The maximum Gasteiger partial charge on any atom is 0.282 e. The zero-order valence-electron chi connectivity index (χ0n) is 13.6. The molecule has 2 aromatic rings. The van der Waals surface area contributed by atoms with Crippen molar-refractivity contribution in [2.24, 2.45) is 5.10 Å². The lowest BCUT2D eigenvalue weighted by Crippen LogP contribution is -2.24. The molecule has 0 saturated heterocycles. The SMILES string of the molecule is COc1ccccc1NC(=S)N/N=C\c1cc2c(cc1[N+](=O)[O-])OCO2. The maximum absolute atomic E-state index is 11.2. The van der Waals surface area contributed by atoms with Crippen LogP contribution in [0.5, 0.6) is 17.2 Å². The fourth-order valence-corrected chi connectivity index (χ4v) is 2.43. The number of nitrogens with zero attached hydrogens (tertiary/aromatic N) is 2. The van der Waals surface area contributed by atoms with Crippen molar-refractivity contribution >= 4 is 34.9 Å².